The smallest absolute Gasteiger partial charge is 0.0233 e. The maximum absolute atomic E-state index is 2.49. The van der Waals surface area contributed by atoms with Crippen molar-refractivity contribution in [1.29, 1.82) is 0 Å². The summed E-state index contributed by atoms with van der Waals surface area (Å²) in [5.74, 6) is 0. The summed E-state index contributed by atoms with van der Waals surface area (Å²) in [7, 11) is 0. The van der Waals surface area contributed by atoms with Gasteiger partial charge in [-0.05, 0) is 37.1 Å². The highest BCUT2D eigenvalue weighted by molar-refractivity contribution is 5.22. The highest BCUT2D eigenvalue weighted by Crippen LogP contribution is 2.08. The highest BCUT2D eigenvalue weighted by atomic mass is 15.1. The Morgan fingerprint density at radius 1 is 0.933 bits per heavy atom. The molecule has 1 heteroatoms. The van der Waals surface area contributed by atoms with Gasteiger partial charge in [0.2, 0.25) is 0 Å². The van der Waals surface area contributed by atoms with Gasteiger partial charge in [0.25, 0.3) is 0 Å². The molecule has 0 saturated carbocycles. The van der Waals surface area contributed by atoms with Gasteiger partial charge >= 0.3 is 0 Å². The summed E-state index contributed by atoms with van der Waals surface area (Å²) in [5, 5.41) is 0. The minimum atomic E-state index is 1.09. The van der Waals surface area contributed by atoms with Crippen molar-refractivity contribution in [3.8, 4) is 0 Å². The van der Waals surface area contributed by atoms with Crippen LogP contribution in [0.4, 0.5) is 0 Å². The highest BCUT2D eigenvalue weighted by Gasteiger charge is 2.01. The van der Waals surface area contributed by atoms with Gasteiger partial charge in [-0.1, -0.05) is 45.0 Å². The molecule has 84 valence electrons. The summed E-state index contributed by atoms with van der Waals surface area (Å²) in [6.45, 7) is 10.1. The van der Waals surface area contributed by atoms with Crippen LogP contribution < -0.4 is 0 Å². The van der Waals surface area contributed by atoms with Crippen molar-refractivity contribution in [2.24, 2.45) is 0 Å². The maximum atomic E-state index is 2.49. The molecule has 0 aromatic heterocycles. The van der Waals surface area contributed by atoms with Crippen LogP contribution in [-0.2, 0) is 13.0 Å². The van der Waals surface area contributed by atoms with Gasteiger partial charge in [0.15, 0.2) is 0 Å². The molecule has 0 bridgehead atoms. The summed E-state index contributed by atoms with van der Waals surface area (Å²) in [6.07, 6.45) is 2.37. The van der Waals surface area contributed by atoms with E-state index in [4.69, 9.17) is 0 Å². The molecule has 0 aliphatic rings. The Kier molecular flexibility index (Phi) is 5.41. The third-order valence-electron chi connectivity index (χ3n) is 2.82. The maximum Gasteiger partial charge on any atom is 0.0233 e. The summed E-state index contributed by atoms with van der Waals surface area (Å²) in [6, 6.07) is 9.01. The summed E-state index contributed by atoms with van der Waals surface area (Å²) >= 11 is 0. The SMILES string of the molecule is CCCN(CC)Cc1ccc(CC)cc1. The van der Waals surface area contributed by atoms with Gasteiger partial charge in [0, 0.05) is 6.54 Å². The first-order valence-electron chi connectivity index (χ1n) is 6.10. The first-order valence-corrected chi connectivity index (χ1v) is 6.10. The van der Waals surface area contributed by atoms with Crippen LogP contribution in [0.3, 0.4) is 0 Å². The molecule has 1 rings (SSSR count). The average Bonchev–Trinajstić information content (AvgIpc) is 2.29. The minimum Gasteiger partial charge on any atom is -0.299 e. The summed E-state index contributed by atoms with van der Waals surface area (Å²) < 4.78 is 0. The van der Waals surface area contributed by atoms with Crippen LogP contribution >= 0.6 is 0 Å². The van der Waals surface area contributed by atoms with Crippen LogP contribution in [0.15, 0.2) is 24.3 Å². The number of nitrogens with zero attached hydrogens (tertiary/aromatic N) is 1. The van der Waals surface area contributed by atoms with E-state index in [9.17, 15) is 0 Å². The second kappa shape index (κ2) is 6.62. The predicted molar refractivity (Wildman–Crippen MR) is 67.1 cm³/mol. The van der Waals surface area contributed by atoms with E-state index in [1.54, 1.807) is 0 Å². The van der Waals surface area contributed by atoms with E-state index >= 15 is 0 Å². The van der Waals surface area contributed by atoms with Crippen molar-refractivity contribution in [2.75, 3.05) is 13.1 Å². The van der Waals surface area contributed by atoms with Crippen molar-refractivity contribution in [1.82, 2.24) is 4.90 Å². The second-order valence-corrected chi connectivity index (χ2v) is 4.04. The molecule has 0 heterocycles. The number of hydrogen-bond donors (Lipinski definition) is 0. The van der Waals surface area contributed by atoms with Crippen LogP contribution in [0, 0.1) is 0 Å². The van der Waals surface area contributed by atoms with Gasteiger partial charge < -0.3 is 0 Å². The van der Waals surface area contributed by atoms with Crippen molar-refractivity contribution in [3.05, 3.63) is 35.4 Å². The van der Waals surface area contributed by atoms with Gasteiger partial charge in [-0.3, -0.25) is 4.90 Å². The van der Waals surface area contributed by atoms with Crippen LogP contribution in [0.25, 0.3) is 0 Å². The zero-order valence-electron chi connectivity index (χ0n) is 10.3. The Labute approximate surface area is 94.1 Å². The number of rotatable bonds is 6. The van der Waals surface area contributed by atoms with Gasteiger partial charge in [-0.2, -0.15) is 0 Å². The van der Waals surface area contributed by atoms with E-state index in [2.05, 4.69) is 49.9 Å². The van der Waals surface area contributed by atoms with Gasteiger partial charge in [0.05, 0.1) is 0 Å². The molecule has 0 aliphatic carbocycles. The lowest BCUT2D eigenvalue weighted by Gasteiger charge is -2.19. The van der Waals surface area contributed by atoms with Crippen molar-refractivity contribution < 1.29 is 0 Å². The molecule has 0 N–H and O–H groups in total. The molecule has 1 aromatic carbocycles. The lowest BCUT2D eigenvalue weighted by molar-refractivity contribution is 0.280. The molecular formula is C14H23N. The van der Waals surface area contributed by atoms with E-state index < -0.39 is 0 Å². The van der Waals surface area contributed by atoms with Crippen molar-refractivity contribution in [3.63, 3.8) is 0 Å². The molecule has 0 amide bonds. The number of aryl methyl sites for hydroxylation is 1. The van der Waals surface area contributed by atoms with E-state index in [-0.39, 0.29) is 0 Å². The fourth-order valence-corrected chi connectivity index (χ4v) is 1.80. The molecule has 1 nitrogen and oxygen atoms in total. The van der Waals surface area contributed by atoms with Gasteiger partial charge in [0.1, 0.15) is 0 Å². The average molecular weight is 205 g/mol. The Morgan fingerprint density at radius 3 is 2.00 bits per heavy atom. The van der Waals surface area contributed by atoms with Gasteiger partial charge in [-0.25, -0.2) is 0 Å². The Hall–Kier alpha value is -0.820. The quantitative estimate of drug-likeness (QED) is 0.687. The minimum absolute atomic E-state index is 1.09. The Bertz CT molecular complexity index is 263. The van der Waals surface area contributed by atoms with Crippen LogP contribution in [0.1, 0.15) is 38.3 Å². The van der Waals surface area contributed by atoms with Crippen LogP contribution in [0.2, 0.25) is 0 Å². The molecule has 0 saturated heterocycles. The summed E-state index contributed by atoms with van der Waals surface area (Å²) in [4.78, 5) is 2.49. The van der Waals surface area contributed by atoms with Crippen LogP contribution in [0.5, 0.6) is 0 Å². The zero-order chi connectivity index (χ0) is 11.1. The number of benzene rings is 1. The van der Waals surface area contributed by atoms with Crippen LogP contribution in [-0.4, -0.2) is 18.0 Å². The molecule has 0 aliphatic heterocycles. The molecule has 0 atom stereocenters. The van der Waals surface area contributed by atoms with Crippen molar-refractivity contribution >= 4 is 0 Å². The first kappa shape index (κ1) is 12.3. The molecule has 0 fully saturated rings. The zero-order valence-corrected chi connectivity index (χ0v) is 10.3. The standard InChI is InChI=1S/C14H23N/c1-4-11-15(6-3)12-14-9-7-13(5-2)8-10-14/h7-10H,4-6,11-12H2,1-3H3. The molecular weight excluding hydrogens is 182 g/mol. The third kappa shape index (κ3) is 4.05. The molecule has 0 spiro atoms. The molecule has 0 unspecified atom stereocenters. The second-order valence-electron chi connectivity index (χ2n) is 4.04. The van der Waals surface area contributed by atoms with E-state index in [1.165, 1.54) is 24.1 Å². The molecule has 1 aromatic rings. The fraction of sp³-hybridized carbons (Fsp3) is 0.571. The number of hydrogen-bond acceptors (Lipinski definition) is 1. The van der Waals surface area contributed by atoms with Gasteiger partial charge in [-0.15, -0.1) is 0 Å². The fourth-order valence-electron chi connectivity index (χ4n) is 1.80. The normalized spacial score (nSPS) is 10.9. The van der Waals surface area contributed by atoms with E-state index in [0.29, 0.717) is 0 Å². The van der Waals surface area contributed by atoms with E-state index in [0.717, 1.165) is 19.5 Å². The topological polar surface area (TPSA) is 3.24 Å². The predicted octanol–water partition coefficient (Wildman–Crippen LogP) is 3.48. The first-order chi connectivity index (χ1) is 7.30. The lowest BCUT2D eigenvalue weighted by atomic mass is 10.1. The largest absolute Gasteiger partial charge is 0.299 e. The molecule has 0 radical (unpaired) electrons. The lowest BCUT2D eigenvalue weighted by Crippen LogP contribution is -2.23. The van der Waals surface area contributed by atoms with Crippen molar-refractivity contribution in [2.45, 2.75) is 40.2 Å². The monoisotopic (exact) mass is 205 g/mol. The Balaban J connectivity index is 2.55. The Morgan fingerprint density at radius 2 is 1.53 bits per heavy atom. The third-order valence-corrected chi connectivity index (χ3v) is 2.82. The summed E-state index contributed by atoms with van der Waals surface area (Å²) in [5.41, 5.74) is 2.86. The van der Waals surface area contributed by atoms with E-state index in [1.807, 2.05) is 0 Å². The molecule has 15 heavy (non-hydrogen) atoms.